The molecule has 6 heteroatoms. The van der Waals surface area contributed by atoms with Gasteiger partial charge in [0, 0.05) is 30.7 Å². The second kappa shape index (κ2) is 6.47. The maximum absolute atomic E-state index is 12.5. The number of methoxy groups -OCH3 is 1. The maximum Gasteiger partial charge on any atom is 0.287 e. The van der Waals surface area contributed by atoms with Crippen LogP contribution in [0.1, 0.15) is 17.0 Å². The molecule has 128 valence electrons. The molecule has 1 N–H and O–H groups in total. The number of amides is 1. The molecule has 1 fully saturated rings. The number of carbonyl (C=O) groups excluding carboxylic acids is 1. The van der Waals surface area contributed by atoms with E-state index in [1.54, 1.807) is 19.4 Å². The molecule has 0 spiro atoms. The lowest BCUT2D eigenvalue weighted by molar-refractivity contribution is 0.0914. The molecule has 0 radical (unpaired) electrons. The minimum atomic E-state index is -0.203. The molecule has 2 aromatic heterocycles. The third-order valence-corrected chi connectivity index (χ3v) is 4.45. The zero-order valence-corrected chi connectivity index (χ0v) is 13.9. The van der Waals surface area contributed by atoms with Gasteiger partial charge in [0.05, 0.1) is 7.11 Å². The first-order valence-electron chi connectivity index (χ1n) is 8.28. The van der Waals surface area contributed by atoms with Crippen LogP contribution in [0.3, 0.4) is 0 Å². The fraction of sp³-hybridized carbons (Fsp3) is 0.263. The first kappa shape index (κ1) is 15.5. The summed E-state index contributed by atoms with van der Waals surface area (Å²) in [6.45, 7) is 1.61. The second-order valence-corrected chi connectivity index (χ2v) is 6.08. The summed E-state index contributed by atoms with van der Waals surface area (Å²) in [4.78, 5) is 19.1. The Labute approximate surface area is 145 Å². The summed E-state index contributed by atoms with van der Waals surface area (Å²) in [7, 11) is 1.59. The number of hydrogen-bond acceptors (Lipinski definition) is 5. The van der Waals surface area contributed by atoms with Gasteiger partial charge < -0.3 is 19.4 Å². The number of nitrogens with zero attached hydrogens (tertiary/aromatic N) is 2. The number of hydrogen-bond donors (Lipinski definition) is 1. The van der Waals surface area contributed by atoms with Crippen molar-refractivity contribution in [2.45, 2.75) is 12.5 Å². The number of aromatic nitrogens is 1. The minimum absolute atomic E-state index is 0.0737. The lowest BCUT2D eigenvalue weighted by Crippen LogP contribution is -2.37. The predicted octanol–water partition coefficient (Wildman–Crippen LogP) is 2.85. The number of furan rings is 1. The number of fused-ring (bicyclic) bond motifs is 1. The Kier molecular flexibility index (Phi) is 4.01. The number of rotatable bonds is 4. The Hall–Kier alpha value is -3.02. The van der Waals surface area contributed by atoms with Crippen molar-refractivity contribution in [1.29, 1.82) is 0 Å². The topological polar surface area (TPSA) is 67.6 Å². The number of pyridine rings is 1. The van der Waals surface area contributed by atoms with Crippen molar-refractivity contribution in [1.82, 2.24) is 10.3 Å². The van der Waals surface area contributed by atoms with Gasteiger partial charge in [-0.25, -0.2) is 4.98 Å². The number of carbonyl (C=O) groups is 1. The summed E-state index contributed by atoms with van der Waals surface area (Å²) in [6, 6.07) is 13.3. The summed E-state index contributed by atoms with van der Waals surface area (Å²) in [5.74, 6) is 1.66. The largest absolute Gasteiger partial charge is 0.493 e. The minimum Gasteiger partial charge on any atom is -0.493 e. The molecule has 3 aromatic rings. The Morgan fingerprint density at radius 3 is 3.04 bits per heavy atom. The van der Waals surface area contributed by atoms with E-state index in [0.717, 1.165) is 30.7 Å². The summed E-state index contributed by atoms with van der Waals surface area (Å²) in [5.41, 5.74) is 0.594. The quantitative estimate of drug-likeness (QED) is 0.793. The molecular formula is C19H19N3O3. The molecule has 6 nitrogen and oxygen atoms in total. The molecule has 1 aromatic carbocycles. The van der Waals surface area contributed by atoms with E-state index in [9.17, 15) is 4.79 Å². The molecule has 0 bridgehead atoms. The molecule has 25 heavy (non-hydrogen) atoms. The van der Waals surface area contributed by atoms with Crippen molar-refractivity contribution in [2.75, 3.05) is 25.1 Å². The first-order valence-corrected chi connectivity index (χ1v) is 8.28. The third-order valence-electron chi connectivity index (χ3n) is 4.45. The van der Waals surface area contributed by atoms with Crippen molar-refractivity contribution >= 4 is 22.7 Å². The second-order valence-electron chi connectivity index (χ2n) is 6.08. The Morgan fingerprint density at radius 2 is 2.24 bits per heavy atom. The van der Waals surface area contributed by atoms with Crippen LogP contribution in [-0.2, 0) is 0 Å². The Bertz CT molecular complexity index is 891. The van der Waals surface area contributed by atoms with E-state index in [0.29, 0.717) is 17.1 Å². The van der Waals surface area contributed by atoms with Gasteiger partial charge in [0.2, 0.25) is 0 Å². The first-order chi connectivity index (χ1) is 12.2. The highest BCUT2D eigenvalue weighted by atomic mass is 16.5. The molecule has 1 aliphatic heterocycles. The normalized spacial score (nSPS) is 17.0. The van der Waals surface area contributed by atoms with Crippen LogP contribution in [0.4, 0.5) is 5.82 Å². The van der Waals surface area contributed by atoms with E-state index < -0.39 is 0 Å². The molecule has 0 saturated carbocycles. The van der Waals surface area contributed by atoms with E-state index in [1.807, 2.05) is 36.4 Å². The lowest BCUT2D eigenvalue weighted by atomic mass is 10.2. The smallest absolute Gasteiger partial charge is 0.287 e. The van der Waals surface area contributed by atoms with Crippen LogP contribution in [0.5, 0.6) is 5.75 Å². The number of para-hydroxylation sites is 1. The zero-order valence-electron chi connectivity index (χ0n) is 13.9. The predicted molar refractivity (Wildman–Crippen MR) is 95.1 cm³/mol. The maximum atomic E-state index is 12.5. The molecule has 0 aliphatic carbocycles. The van der Waals surface area contributed by atoms with Crippen LogP contribution in [0.25, 0.3) is 11.0 Å². The molecule has 1 aliphatic rings. The summed E-state index contributed by atoms with van der Waals surface area (Å²) < 4.78 is 11.0. The number of nitrogens with one attached hydrogen (secondary N) is 1. The number of anilines is 1. The molecule has 1 amide bonds. The highest BCUT2D eigenvalue weighted by molar-refractivity contribution is 5.97. The Balaban J connectivity index is 1.46. The van der Waals surface area contributed by atoms with Gasteiger partial charge in [-0.2, -0.15) is 0 Å². The fourth-order valence-corrected chi connectivity index (χ4v) is 3.19. The fourth-order valence-electron chi connectivity index (χ4n) is 3.19. The summed E-state index contributed by atoms with van der Waals surface area (Å²) >= 11 is 0. The molecule has 4 rings (SSSR count). The van der Waals surface area contributed by atoms with E-state index in [1.165, 1.54) is 0 Å². The van der Waals surface area contributed by atoms with Crippen molar-refractivity contribution in [3.63, 3.8) is 0 Å². The van der Waals surface area contributed by atoms with Crippen LogP contribution in [0, 0.1) is 0 Å². The van der Waals surface area contributed by atoms with Crippen molar-refractivity contribution in [3.05, 3.63) is 54.4 Å². The van der Waals surface area contributed by atoms with Gasteiger partial charge in [0.25, 0.3) is 5.91 Å². The van der Waals surface area contributed by atoms with Crippen LogP contribution in [0.15, 0.2) is 53.1 Å². The van der Waals surface area contributed by atoms with Crippen molar-refractivity contribution < 1.29 is 13.9 Å². The van der Waals surface area contributed by atoms with Gasteiger partial charge >= 0.3 is 0 Å². The van der Waals surface area contributed by atoms with Crippen LogP contribution < -0.4 is 15.0 Å². The molecule has 3 heterocycles. The SMILES string of the molecule is COc1cccc2cc(C(=O)N[C@@H]3CCN(c4ccccn4)C3)oc12. The van der Waals surface area contributed by atoms with Crippen molar-refractivity contribution in [3.8, 4) is 5.75 Å². The standard InChI is InChI=1S/C19H19N3O3/c1-24-15-6-4-5-13-11-16(25-18(13)15)19(23)21-14-8-10-22(12-14)17-7-2-3-9-20-17/h2-7,9,11,14H,8,10,12H2,1H3,(H,21,23)/t14-/m1/s1. The summed E-state index contributed by atoms with van der Waals surface area (Å²) in [6.07, 6.45) is 2.66. The number of ether oxygens (including phenoxy) is 1. The molecule has 1 atom stereocenters. The summed E-state index contributed by atoms with van der Waals surface area (Å²) in [5, 5.41) is 3.90. The monoisotopic (exact) mass is 337 g/mol. The van der Waals surface area contributed by atoms with E-state index in [2.05, 4.69) is 15.2 Å². The third kappa shape index (κ3) is 3.03. The van der Waals surface area contributed by atoms with Gasteiger partial charge in [-0.1, -0.05) is 18.2 Å². The van der Waals surface area contributed by atoms with Crippen molar-refractivity contribution in [2.24, 2.45) is 0 Å². The van der Waals surface area contributed by atoms with Crippen LogP contribution in [-0.4, -0.2) is 37.1 Å². The zero-order chi connectivity index (χ0) is 17.2. The van der Waals surface area contributed by atoms with Gasteiger partial charge in [-0.3, -0.25) is 4.79 Å². The van der Waals surface area contributed by atoms with Gasteiger partial charge in [-0.15, -0.1) is 0 Å². The van der Waals surface area contributed by atoms with Gasteiger partial charge in [0.1, 0.15) is 5.82 Å². The van der Waals surface area contributed by atoms with E-state index in [-0.39, 0.29) is 11.9 Å². The van der Waals surface area contributed by atoms with Crippen LogP contribution >= 0.6 is 0 Å². The molecule has 0 unspecified atom stereocenters. The highest BCUT2D eigenvalue weighted by Gasteiger charge is 2.26. The van der Waals surface area contributed by atoms with Gasteiger partial charge in [-0.05, 0) is 30.7 Å². The van der Waals surface area contributed by atoms with E-state index >= 15 is 0 Å². The average Bonchev–Trinajstić information content (AvgIpc) is 3.29. The van der Waals surface area contributed by atoms with E-state index in [4.69, 9.17) is 9.15 Å². The van der Waals surface area contributed by atoms with Crippen LogP contribution in [0.2, 0.25) is 0 Å². The average molecular weight is 337 g/mol. The molecular weight excluding hydrogens is 318 g/mol. The highest BCUT2D eigenvalue weighted by Crippen LogP contribution is 2.28. The molecule has 1 saturated heterocycles. The lowest BCUT2D eigenvalue weighted by Gasteiger charge is -2.17. The Morgan fingerprint density at radius 1 is 1.32 bits per heavy atom. The number of benzene rings is 1. The van der Waals surface area contributed by atoms with Gasteiger partial charge in [0.15, 0.2) is 17.1 Å².